The predicted molar refractivity (Wildman–Crippen MR) is 77.6 cm³/mol. The van der Waals surface area contributed by atoms with Crippen molar-refractivity contribution in [1.29, 1.82) is 0 Å². The maximum absolute atomic E-state index is 4.58. The highest BCUT2D eigenvalue weighted by molar-refractivity contribution is 9.10. The molecule has 0 fully saturated rings. The van der Waals surface area contributed by atoms with Crippen LogP contribution in [0.5, 0.6) is 0 Å². The van der Waals surface area contributed by atoms with E-state index in [1.807, 2.05) is 19.1 Å². The minimum absolute atomic E-state index is 0.471. The van der Waals surface area contributed by atoms with Crippen LogP contribution in [0, 0.1) is 6.92 Å². The first-order chi connectivity index (χ1) is 8.11. The molecule has 3 heteroatoms. The van der Waals surface area contributed by atoms with Crippen molar-refractivity contribution in [2.75, 3.05) is 5.32 Å². The highest BCUT2D eigenvalue weighted by Gasteiger charge is 2.08. The molecule has 0 aliphatic rings. The lowest BCUT2D eigenvalue weighted by molar-refractivity contribution is 0.765. The molecule has 1 aromatic carbocycles. The average molecular weight is 293 g/mol. The summed E-state index contributed by atoms with van der Waals surface area (Å²) in [6.45, 7) is 6.41. The molecule has 0 aliphatic heterocycles. The summed E-state index contributed by atoms with van der Waals surface area (Å²) in [5, 5.41) is 4.71. The molecular weight excluding hydrogens is 276 g/mol. The molecule has 1 unspecified atom stereocenters. The molecule has 1 atom stereocenters. The Morgan fingerprint density at radius 3 is 2.88 bits per heavy atom. The van der Waals surface area contributed by atoms with E-state index in [4.69, 9.17) is 0 Å². The second-order valence-corrected chi connectivity index (χ2v) is 5.26. The Morgan fingerprint density at radius 2 is 2.18 bits per heavy atom. The van der Waals surface area contributed by atoms with E-state index in [2.05, 4.69) is 52.2 Å². The van der Waals surface area contributed by atoms with Gasteiger partial charge in [-0.1, -0.05) is 19.1 Å². The predicted octanol–water partition coefficient (Wildman–Crippen LogP) is 4.52. The third-order valence-electron chi connectivity index (χ3n) is 2.93. The van der Waals surface area contributed by atoms with Crippen molar-refractivity contribution in [3.8, 4) is 0 Å². The van der Waals surface area contributed by atoms with Crippen LogP contribution < -0.4 is 5.32 Å². The van der Waals surface area contributed by atoms with Gasteiger partial charge in [0.25, 0.3) is 0 Å². The van der Waals surface area contributed by atoms with Crippen LogP contribution >= 0.6 is 15.9 Å². The first-order valence-corrected chi connectivity index (χ1v) is 6.73. The van der Waals surface area contributed by atoms with Gasteiger partial charge in [0.05, 0.1) is 5.52 Å². The number of hydrogen-bond donors (Lipinski definition) is 1. The fourth-order valence-electron chi connectivity index (χ4n) is 1.83. The number of nitrogens with one attached hydrogen (secondary N) is 1. The van der Waals surface area contributed by atoms with E-state index in [1.165, 1.54) is 11.1 Å². The van der Waals surface area contributed by atoms with Crippen molar-refractivity contribution in [2.45, 2.75) is 33.2 Å². The Labute approximate surface area is 111 Å². The van der Waals surface area contributed by atoms with E-state index in [0.29, 0.717) is 6.04 Å². The zero-order valence-corrected chi connectivity index (χ0v) is 12.0. The largest absolute Gasteiger partial charge is 0.382 e. The lowest BCUT2D eigenvalue weighted by atomic mass is 10.1. The summed E-state index contributed by atoms with van der Waals surface area (Å²) in [6.07, 6.45) is 1.11. The van der Waals surface area contributed by atoms with Crippen LogP contribution in [-0.4, -0.2) is 11.0 Å². The molecule has 0 aliphatic carbocycles. The van der Waals surface area contributed by atoms with Gasteiger partial charge in [0.1, 0.15) is 0 Å². The summed E-state index contributed by atoms with van der Waals surface area (Å²) in [5.41, 5.74) is 3.23. The van der Waals surface area contributed by atoms with E-state index < -0.39 is 0 Å². The summed E-state index contributed by atoms with van der Waals surface area (Å²) >= 11 is 3.56. The van der Waals surface area contributed by atoms with E-state index in [1.54, 1.807) is 0 Å². The summed E-state index contributed by atoms with van der Waals surface area (Å²) in [4.78, 5) is 4.58. The SMILES string of the molecule is CCC(C)Nc1cc(C)nc2c(Br)cccc12. The summed E-state index contributed by atoms with van der Waals surface area (Å²) in [5.74, 6) is 0. The lowest BCUT2D eigenvalue weighted by Gasteiger charge is -2.16. The molecule has 0 bridgehead atoms. The number of anilines is 1. The van der Waals surface area contributed by atoms with Gasteiger partial charge < -0.3 is 5.32 Å². The fraction of sp³-hybridized carbons (Fsp3) is 0.357. The minimum atomic E-state index is 0.471. The number of hydrogen-bond acceptors (Lipinski definition) is 2. The molecule has 17 heavy (non-hydrogen) atoms. The Hall–Kier alpha value is -1.09. The zero-order chi connectivity index (χ0) is 12.4. The first kappa shape index (κ1) is 12.4. The van der Waals surface area contributed by atoms with Gasteiger partial charge in [0, 0.05) is 27.3 Å². The summed E-state index contributed by atoms with van der Waals surface area (Å²) < 4.78 is 1.05. The van der Waals surface area contributed by atoms with Crippen LogP contribution in [0.3, 0.4) is 0 Å². The molecule has 0 saturated carbocycles. The van der Waals surface area contributed by atoms with Gasteiger partial charge in [-0.3, -0.25) is 4.98 Å². The van der Waals surface area contributed by atoms with Crippen LogP contribution in [0.25, 0.3) is 10.9 Å². The lowest BCUT2D eigenvalue weighted by Crippen LogP contribution is -2.14. The Bertz CT molecular complexity index is 537. The number of pyridine rings is 1. The van der Waals surface area contributed by atoms with Crippen molar-refractivity contribution in [3.05, 3.63) is 34.4 Å². The molecule has 2 aromatic rings. The van der Waals surface area contributed by atoms with E-state index in [9.17, 15) is 0 Å². The van der Waals surface area contributed by atoms with Gasteiger partial charge in [-0.2, -0.15) is 0 Å². The van der Waals surface area contributed by atoms with Gasteiger partial charge in [-0.05, 0) is 48.3 Å². The standard InChI is InChI=1S/C14H17BrN2/c1-4-9(2)16-13-8-10(3)17-14-11(13)6-5-7-12(14)15/h5-9H,4H2,1-3H3,(H,16,17). The smallest absolute Gasteiger partial charge is 0.0867 e. The van der Waals surface area contributed by atoms with Gasteiger partial charge in [0.15, 0.2) is 0 Å². The second-order valence-electron chi connectivity index (χ2n) is 4.40. The van der Waals surface area contributed by atoms with Crippen LogP contribution in [0.4, 0.5) is 5.69 Å². The summed E-state index contributed by atoms with van der Waals surface area (Å²) in [6, 6.07) is 8.77. The van der Waals surface area contributed by atoms with Crippen LogP contribution in [0.15, 0.2) is 28.7 Å². The number of fused-ring (bicyclic) bond motifs is 1. The number of para-hydroxylation sites is 1. The summed E-state index contributed by atoms with van der Waals surface area (Å²) in [7, 11) is 0. The normalized spacial score (nSPS) is 12.7. The van der Waals surface area contributed by atoms with E-state index in [0.717, 1.165) is 22.1 Å². The Kier molecular flexibility index (Phi) is 3.67. The van der Waals surface area contributed by atoms with Crippen molar-refractivity contribution in [1.82, 2.24) is 4.98 Å². The van der Waals surface area contributed by atoms with Crippen molar-refractivity contribution in [3.63, 3.8) is 0 Å². The first-order valence-electron chi connectivity index (χ1n) is 5.94. The second kappa shape index (κ2) is 5.05. The molecular formula is C14H17BrN2. The molecule has 1 aromatic heterocycles. The monoisotopic (exact) mass is 292 g/mol. The van der Waals surface area contributed by atoms with Gasteiger partial charge in [-0.15, -0.1) is 0 Å². The number of benzene rings is 1. The third kappa shape index (κ3) is 2.60. The Balaban J connectivity index is 2.58. The van der Waals surface area contributed by atoms with Crippen molar-refractivity contribution >= 4 is 32.5 Å². The Morgan fingerprint density at radius 1 is 1.41 bits per heavy atom. The number of halogens is 1. The molecule has 1 heterocycles. The molecule has 0 amide bonds. The number of aromatic nitrogens is 1. The molecule has 2 rings (SSSR count). The molecule has 0 radical (unpaired) electrons. The highest BCUT2D eigenvalue weighted by atomic mass is 79.9. The fourth-order valence-corrected chi connectivity index (χ4v) is 2.28. The molecule has 1 N–H and O–H groups in total. The van der Waals surface area contributed by atoms with Gasteiger partial charge in [-0.25, -0.2) is 0 Å². The quantitative estimate of drug-likeness (QED) is 0.900. The van der Waals surface area contributed by atoms with E-state index in [-0.39, 0.29) is 0 Å². The van der Waals surface area contributed by atoms with Gasteiger partial charge >= 0.3 is 0 Å². The van der Waals surface area contributed by atoms with Crippen LogP contribution in [0.1, 0.15) is 26.0 Å². The molecule has 0 saturated heterocycles. The highest BCUT2D eigenvalue weighted by Crippen LogP contribution is 2.29. The number of rotatable bonds is 3. The van der Waals surface area contributed by atoms with E-state index >= 15 is 0 Å². The molecule has 90 valence electrons. The minimum Gasteiger partial charge on any atom is -0.382 e. The van der Waals surface area contributed by atoms with Crippen LogP contribution in [0.2, 0.25) is 0 Å². The third-order valence-corrected chi connectivity index (χ3v) is 3.57. The maximum Gasteiger partial charge on any atom is 0.0867 e. The van der Waals surface area contributed by atoms with Gasteiger partial charge in [0.2, 0.25) is 0 Å². The number of aryl methyl sites for hydroxylation is 1. The molecule has 0 spiro atoms. The maximum atomic E-state index is 4.58. The molecule has 2 nitrogen and oxygen atoms in total. The topological polar surface area (TPSA) is 24.9 Å². The van der Waals surface area contributed by atoms with Crippen molar-refractivity contribution in [2.24, 2.45) is 0 Å². The van der Waals surface area contributed by atoms with Crippen molar-refractivity contribution < 1.29 is 0 Å². The van der Waals surface area contributed by atoms with Crippen LogP contribution in [-0.2, 0) is 0 Å². The average Bonchev–Trinajstić information content (AvgIpc) is 2.30. The zero-order valence-electron chi connectivity index (χ0n) is 10.4. The number of nitrogens with zero attached hydrogens (tertiary/aromatic N) is 1.